The highest BCUT2D eigenvalue weighted by Gasteiger charge is 2.23. The van der Waals surface area contributed by atoms with Crippen LogP contribution in [-0.4, -0.2) is 19.4 Å². The molecule has 0 aliphatic carbocycles. The van der Waals surface area contributed by atoms with Gasteiger partial charge in [-0.3, -0.25) is 4.57 Å². The molecule has 144 valence electrons. The summed E-state index contributed by atoms with van der Waals surface area (Å²) in [6.45, 7) is 5.35. The molecule has 1 aromatic rings. The average Bonchev–Trinajstić information content (AvgIpc) is 2.63. The van der Waals surface area contributed by atoms with Gasteiger partial charge in [-0.2, -0.15) is 0 Å². The molecular weight excluding hydrogens is 331 g/mol. The Morgan fingerprint density at radius 2 is 1.36 bits per heavy atom. The maximum atomic E-state index is 12.9. The van der Waals surface area contributed by atoms with Gasteiger partial charge in [0.05, 0.1) is 19.4 Å². The van der Waals surface area contributed by atoms with Crippen molar-refractivity contribution < 1.29 is 13.6 Å². The predicted molar refractivity (Wildman–Crippen MR) is 107 cm³/mol. The van der Waals surface area contributed by atoms with Gasteiger partial charge in [0.25, 0.3) is 0 Å². The van der Waals surface area contributed by atoms with Crippen molar-refractivity contribution >= 4 is 7.60 Å². The Kier molecular flexibility index (Phi) is 13.0. The van der Waals surface area contributed by atoms with E-state index in [1.807, 2.05) is 18.2 Å². The Morgan fingerprint density at radius 1 is 0.760 bits per heavy atom. The van der Waals surface area contributed by atoms with Crippen LogP contribution in [0.5, 0.6) is 0 Å². The Balaban J connectivity index is 2.24. The monoisotopic (exact) mass is 368 g/mol. The number of hydrogen-bond acceptors (Lipinski definition) is 3. The second kappa shape index (κ2) is 14.5. The van der Waals surface area contributed by atoms with Crippen molar-refractivity contribution in [2.45, 2.75) is 78.1 Å². The SMILES string of the molecule is CCCCCCCCCOP(=O)(CCCC)OCCc1ccccc1. The zero-order chi connectivity index (χ0) is 18.2. The molecule has 0 spiro atoms. The zero-order valence-electron chi connectivity index (χ0n) is 16.3. The van der Waals surface area contributed by atoms with Crippen LogP contribution < -0.4 is 0 Å². The van der Waals surface area contributed by atoms with Gasteiger partial charge in [0.2, 0.25) is 0 Å². The second-order valence-electron chi connectivity index (χ2n) is 6.71. The third kappa shape index (κ3) is 11.6. The molecule has 0 radical (unpaired) electrons. The highest BCUT2D eigenvalue weighted by atomic mass is 31.2. The molecule has 0 bridgehead atoms. The number of rotatable bonds is 16. The predicted octanol–water partition coefficient (Wildman–Crippen LogP) is 7.01. The molecule has 1 aromatic carbocycles. The quantitative estimate of drug-likeness (QED) is 0.233. The van der Waals surface area contributed by atoms with Crippen LogP contribution in [0.4, 0.5) is 0 Å². The Bertz CT molecular complexity index is 461. The fourth-order valence-electron chi connectivity index (χ4n) is 2.73. The van der Waals surface area contributed by atoms with E-state index in [1.54, 1.807) is 0 Å². The van der Waals surface area contributed by atoms with Crippen molar-refractivity contribution in [1.29, 1.82) is 0 Å². The van der Waals surface area contributed by atoms with Crippen LogP contribution in [0.25, 0.3) is 0 Å². The fraction of sp³-hybridized carbons (Fsp3) is 0.714. The molecule has 0 saturated carbocycles. The lowest BCUT2D eigenvalue weighted by Gasteiger charge is -2.18. The van der Waals surface area contributed by atoms with Gasteiger partial charge in [-0.1, -0.05) is 89.1 Å². The van der Waals surface area contributed by atoms with Gasteiger partial charge in [-0.15, -0.1) is 0 Å². The topological polar surface area (TPSA) is 35.5 Å². The van der Waals surface area contributed by atoms with Crippen LogP contribution in [0.3, 0.4) is 0 Å². The first kappa shape index (κ1) is 22.4. The molecule has 1 atom stereocenters. The minimum atomic E-state index is -2.94. The summed E-state index contributed by atoms with van der Waals surface area (Å²) in [6.07, 6.45) is 11.8. The maximum absolute atomic E-state index is 12.9. The average molecular weight is 368 g/mol. The van der Waals surface area contributed by atoms with Gasteiger partial charge in [-0.05, 0) is 24.8 Å². The molecule has 0 aromatic heterocycles. The van der Waals surface area contributed by atoms with Crippen molar-refractivity contribution in [1.82, 2.24) is 0 Å². The van der Waals surface area contributed by atoms with Gasteiger partial charge in [-0.25, -0.2) is 0 Å². The van der Waals surface area contributed by atoms with Gasteiger partial charge in [0.1, 0.15) is 0 Å². The third-order valence-corrected chi connectivity index (χ3v) is 6.36. The summed E-state index contributed by atoms with van der Waals surface area (Å²) in [5, 5.41) is 0. The summed E-state index contributed by atoms with van der Waals surface area (Å²) in [4.78, 5) is 0. The molecule has 0 saturated heterocycles. The molecule has 0 N–H and O–H groups in total. The van der Waals surface area contributed by atoms with Crippen molar-refractivity contribution in [2.24, 2.45) is 0 Å². The van der Waals surface area contributed by atoms with E-state index in [4.69, 9.17) is 9.05 Å². The van der Waals surface area contributed by atoms with E-state index in [0.717, 1.165) is 32.1 Å². The lowest BCUT2D eigenvalue weighted by Crippen LogP contribution is -2.05. The van der Waals surface area contributed by atoms with Crippen LogP contribution in [0, 0.1) is 0 Å². The van der Waals surface area contributed by atoms with E-state index in [2.05, 4.69) is 26.0 Å². The molecule has 0 amide bonds. The van der Waals surface area contributed by atoms with Crippen molar-refractivity contribution in [3.63, 3.8) is 0 Å². The summed E-state index contributed by atoms with van der Waals surface area (Å²) in [5.74, 6) is 0. The summed E-state index contributed by atoms with van der Waals surface area (Å²) in [5.41, 5.74) is 1.21. The van der Waals surface area contributed by atoms with Gasteiger partial charge in [0, 0.05) is 0 Å². The smallest absolute Gasteiger partial charge is 0.309 e. The molecule has 4 heteroatoms. The van der Waals surface area contributed by atoms with Crippen LogP contribution in [0.2, 0.25) is 0 Å². The van der Waals surface area contributed by atoms with Crippen LogP contribution in [0.1, 0.15) is 77.2 Å². The lowest BCUT2D eigenvalue weighted by molar-refractivity contribution is 0.202. The molecule has 0 heterocycles. The Morgan fingerprint density at radius 3 is 2.04 bits per heavy atom. The Hall–Kier alpha value is -0.630. The summed E-state index contributed by atoms with van der Waals surface area (Å²) in [7, 11) is -2.94. The first-order chi connectivity index (χ1) is 12.2. The van der Waals surface area contributed by atoms with E-state index in [9.17, 15) is 4.57 Å². The van der Waals surface area contributed by atoms with Gasteiger partial charge in [0.15, 0.2) is 0 Å². The zero-order valence-corrected chi connectivity index (χ0v) is 17.1. The fourth-order valence-corrected chi connectivity index (χ4v) is 4.54. The molecule has 3 nitrogen and oxygen atoms in total. The number of hydrogen-bond donors (Lipinski definition) is 0. The third-order valence-electron chi connectivity index (χ3n) is 4.34. The van der Waals surface area contributed by atoms with Crippen molar-refractivity contribution in [2.75, 3.05) is 19.4 Å². The van der Waals surface area contributed by atoms with E-state index in [-0.39, 0.29) is 0 Å². The molecule has 0 aliphatic heterocycles. The van der Waals surface area contributed by atoms with Gasteiger partial charge >= 0.3 is 7.60 Å². The van der Waals surface area contributed by atoms with E-state index in [0.29, 0.717) is 19.4 Å². The number of benzene rings is 1. The molecule has 1 unspecified atom stereocenters. The normalized spacial score (nSPS) is 13.7. The summed E-state index contributed by atoms with van der Waals surface area (Å²) >= 11 is 0. The van der Waals surface area contributed by atoms with E-state index < -0.39 is 7.60 Å². The summed E-state index contributed by atoms with van der Waals surface area (Å²) in [6, 6.07) is 10.2. The highest BCUT2D eigenvalue weighted by Crippen LogP contribution is 2.49. The van der Waals surface area contributed by atoms with Crippen LogP contribution >= 0.6 is 7.60 Å². The minimum Gasteiger partial charge on any atom is -0.309 e. The van der Waals surface area contributed by atoms with E-state index in [1.165, 1.54) is 37.7 Å². The maximum Gasteiger partial charge on any atom is 0.330 e. The van der Waals surface area contributed by atoms with E-state index >= 15 is 0 Å². The van der Waals surface area contributed by atoms with Crippen LogP contribution in [0.15, 0.2) is 30.3 Å². The van der Waals surface area contributed by atoms with Gasteiger partial charge < -0.3 is 9.05 Å². The molecular formula is C21H37O3P. The van der Waals surface area contributed by atoms with Crippen LogP contribution in [-0.2, 0) is 20.0 Å². The Labute approximate surface area is 155 Å². The highest BCUT2D eigenvalue weighted by molar-refractivity contribution is 7.53. The largest absolute Gasteiger partial charge is 0.330 e. The first-order valence-corrected chi connectivity index (χ1v) is 11.8. The summed E-state index contributed by atoms with van der Waals surface area (Å²) < 4.78 is 24.4. The molecule has 0 fully saturated rings. The molecule has 25 heavy (non-hydrogen) atoms. The van der Waals surface area contributed by atoms with Crippen molar-refractivity contribution in [3.8, 4) is 0 Å². The molecule has 0 aliphatic rings. The van der Waals surface area contributed by atoms with Crippen molar-refractivity contribution in [3.05, 3.63) is 35.9 Å². The second-order valence-corrected chi connectivity index (χ2v) is 8.90. The first-order valence-electron chi connectivity index (χ1n) is 10.1. The number of unbranched alkanes of at least 4 members (excludes halogenated alkanes) is 7. The standard InChI is InChI=1S/C21H37O3P/c1-3-5-7-8-9-10-14-18-23-25(22,20-6-4-2)24-19-17-21-15-12-11-13-16-21/h11-13,15-16H,3-10,14,17-20H2,1-2H3. The minimum absolute atomic E-state index is 0.460. The molecule has 1 rings (SSSR count). The lowest BCUT2D eigenvalue weighted by atomic mass is 10.1.